The average molecular weight is 259 g/mol. The van der Waals surface area contributed by atoms with Crippen LogP contribution in [0.25, 0.3) is 10.9 Å². The van der Waals surface area contributed by atoms with E-state index in [1.807, 2.05) is 24.3 Å². The van der Waals surface area contributed by atoms with Crippen LogP contribution in [0.4, 0.5) is 5.82 Å². The van der Waals surface area contributed by atoms with Crippen molar-refractivity contribution < 1.29 is 10.2 Å². The largest absolute Gasteiger partial charge is 0.396 e. The number of para-hydroxylation sites is 1. The first-order chi connectivity index (χ1) is 9.29. The van der Waals surface area contributed by atoms with Crippen LogP contribution in [0.5, 0.6) is 0 Å². The van der Waals surface area contributed by atoms with Gasteiger partial charge in [-0.25, -0.2) is 9.97 Å². The fourth-order valence-electron chi connectivity index (χ4n) is 2.63. The van der Waals surface area contributed by atoms with Crippen LogP contribution in [0.3, 0.4) is 0 Å². The molecular formula is C14H17N3O2. The average Bonchev–Trinajstić information content (AvgIpc) is 2.46. The molecule has 5 heteroatoms. The highest BCUT2D eigenvalue weighted by Gasteiger charge is 2.28. The van der Waals surface area contributed by atoms with Crippen molar-refractivity contribution in [1.82, 2.24) is 9.97 Å². The Morgan fingerprint density at radius 3 is 2.89 bits per heavy atom. The van der Waals surface area contributed by atoms with Gasteiger partial charge in [0.15, 0.2) is 0 Å². The third-order valence-corrected chi connectivity index (χ3v) is 3.78. The van der Waals surface area contributed by atoms with E-state index < -0.39 is 6.10 Å². The van der Waals surface area contributed by atoms with E-state index in [2.05, 4.69) is 14.9 Å². The fraction of sp³-hybridized carbons (Fsp3) is 0.429. The van der Waals surface area contributed by atoms with Crippen LogP contribution < -0.4 is 4.90 Å². The minimum atomic E-state index is -0.507. The molecule has 0 spiro atoms. The van der Waals surface area contributed by atoms with Gasteiger partial charge in [0.05, 0.1) is 11.6 Å². The molecule has 0 bridgehead atoms. The summed E-state index contributed by atoms with van der Waals surface area (Å²) >= 11 is 0. The first-order valence-corrected chi connectivity index (χ1v) is 6.53. The topological polar surface area (TPSA) is 69.5 Å². The van der Waals surface area contributed by atoms with Crippen molar-refractivity contribution in [2.45, 2.75) is 12.5 Å². The molecule has 19 heavy (non-hydrogen) atoms. The molecule has 1 aromatic heterocycles. The van der Waals surface area contributed by atoms with Gasteiger partial charge in [-0.1, -0.05) is 12.1 Å². The molecule has 100 valence electrons. The Bertz CT molecular complexity index is 570. The second-order valence-corrected chi connectivity index (χ2v) is 4.96. The fourth-order valence-corrected chi connectivity index (χ4v) is 2.63. The highest BCUT2D eigenvalue weighted by atomic mass is 16.3. The number of piperidine rings is 1. The maximum Gasteiger partial charge on any atom is 0.139 e. The van der Waals surface area contributed by atoms with Crippen molar-refractivity contribution in [3.8, 4) is 0 Å². The summed E-state index contributed by atoms with van der Waals surface area (Å²) in [6.45, 7) is 1.34. The van der Waals surface area contributed by atoms with Crippen molar-refractivity contribution >= 4 is 16.7 Å². The first-order valence-electron chi connectivity index (χ1n) is 6.53. The van der Waals surface area contributed by atoms with Gasteiger partial charge in [0.1, 0.15) is 12.1 Å². The molecule has 2 atom stereocenters. The monoisotopic (exact) mass is 259 g/mol. The second kappa shape index (κ2) is 5.11. The van der Waals surface area contributed by atoms with Gasteiger partial charge in [0.25, 0.3) is 0 Å². The summed E-state index contributed by atoms with van der Waals surface area (Å²) < 4.78 is 0. The summed E-state index contributed by atoms with van der Waals surface area (Å²) in [5, 5.41) is 20.2. The molecule has 1 saturated heterocycles. The van der Waals surface area contributed by atoms with Crippen molar-refractivity contribution in [2.75, 3.05) is 24.6 Å². The smallest absolute Gasteiger partial charge is 0.139 e. The molecule has 3 rings (SSSR count). The summed E-state index contributed by atoms with van der Waals surface area (Å²) in [5.41, 5.74) is 0.909. The molecule has 0 unspecified atom stereocenters. The molecule has 0 radical (unpaired) electrons. The van der Waals surface area contributed by atoms with Gasteiger partial charge in [-0.05, 0) is 18.6 Å². The maximum atomic E-state index is 10.0. The number of nitrogens with zero attached hydrogens (tertiary/aromatic N) is 3. The number of aliphatic hydroxyl groups excluding tert-OH is 2. The number of aromatic nitrogens is 2. The minimum absolute atomic E-state index is 0.0237. The van der Waals surface area contributed by atoms with E-state index in [1.165, 1.54) is 0 Å². The van der Waals surface area contributed by atoms with Gasteiger partial charge in [-0.15, -0.1) is 0 Å². The number of anilines is 1. The number of benzene rings is 1. The Balaban J connectivity index is 1.93. The Hall–Kier alpha value is -1.72. The molecule has 1 fully saturated rings. The zero-order valence-electron chi connectivity index (χ0n) is 10.6. The standard InChI is InChI=1S/C14H17N3O2/c18-8-10-5-6-17(7-13(10)19)14-11-3-1-2-4-12(11)15-9-16-14/h1-4,9-10,13,18-19H,5-8H2/t10-,13-/m1/s1. The number of β-amino-alcohol motifs (C(OH)–C–C–N with tert-alkyl or cyclic N) is 1. The van der Waals surface area contributed by atoms with Crippen LogP contribution in [0, 0.1) is 5.92 Å². The van der Waals surface area contributed by atoms with E-state index in [-0.39, 0.29) is 12.5 Å². The molecule has 5 nitrogen and oxygen atoms in total. The number of aliphatic hydroxyl groups is 2. The SMILES string of the molecule is OC[C@H]1CCN(c2ncnc3ccccc23)C[C@H]1O. The highest BCUT2D eigenvalue weighted by Crippen LogP contribution is 2.27. The summed E-state index contributed by atoms with van der Waals surface area (Å²) in [6, 6.07) is 7.87. The van der Waals surface area contributed by atoms with Gasteiger partial charge in [0.2, 0.25) is 0 Å². The predicted molar refractivity (Wildman–Crippen MR) is 73.0 cm³/mol. The number of hydrogen-bond donors (Lipinski definition) is 2. The molecule has 1 aromatic carbocycles. The summed E-state index contributed by atoms with van der Waals surface area (Å²) in [4.78, 5) is 10.7. The van der Waals surface area contributed by atoms with E-state index in [0.717, 1.165) is 29.7 Å². The Labute approximate surface area is 111 Å². The van der Waals surface area contributed by atoms with Gasteiger partial charge in [-0.3, -0.25) is 0 Å². The molecule has 1 aliphatic heterocycles. The Kier molecular flexibility index (Phi) is 3.31. The molecule has 2 N–H and O–H groups in total. The normalized spacial score (nSPS) is 23.8. The Morgan fingerprint density at radius 1 is 1.26 bits per heavy atom. The number of hydrogen-bond acceptors (Lipinski definition) is 5. The van der Waals surface area contributed by atoms with Crippen LogP contribution in [0.2, 0.25) is 0 Å². The molecule has 1 aliphatic rings. The third kappa shape index (κ3) is 2.27. The van der Waals surface area contributed by atoms with Crippen LogP contribution in [-0.2, 0) is 0 Å². The van der Waals surface area contributed by atoms with Crippen molar-refractivity contribution in [3.63, 3.8) is 0 Å². The lowest BCUT2D eigenvalue weighted by molar-refractivity contribution is 0.0547. The summed E-state index contributed by atoms with van der Waals surface area (Å²) in [6.07, 6.45) is 1.82. The number of rotatable bonds is 2. The lowest BCUT2D eigenvalue weighted by atomic mass is 9.94. The van der Waals surface area contributed by atoms with Crippen LogP contribution >= 0.6 is 0 Å². The van der Waals surface area contributed by atoms with E-state index >= 15 is 0 Å². The molecule has 2 aromatic rings. The lowest BCUT2D eigenvalue weighted by Gasteiger charge is -2.36. The molecule has 0 amide bonds. The van der Waals surface area contributed by atoms with E-state index in [9.17, 15) is 10.2 Å². The van der Waals surface area contributed by atoms with Crippen molar-refractivity contribution in [1.29, 1.82) is 0 Å². The van der Waals surface area contributed by atoms with Crippen molar-refractivity contribution in [3.05, 3.63) is 30.6 Å². The zero-order chi connectivity index (χ0) is 13.2. The predicted octanol–water partition coefficient (Wildman–Crippen LogP) is 0.809. The van der Waals surface area contributed by atoms with Crippen molar-refractivity contribution in [2.24, 2.45) is 5.92 Å². The molecule has 2 heterocycles. The second-order valence-electron chi connectivity index (χ2n) is 4.96. The summed E-state index contributed by atoms with van der Waals surface area (Å²) in [5.74, 6) is 0.838. The minimum Gasteiger partial charge on any atom is -0.396 e. The molecule has 0 saturated carbocycles. The number of fused-ring (bicyclic) bond motifs is 1. The van der Waals surface area contributed by atoms with Gasteiger partial charge in [-0.2, -0.15) is 0 Å². The quantitative estimate of drug-likeness (QED) is 0.835. The van der Waals surface area contributed by atoms with Gasteiger partial charge >= 0.3 is 0 Å². The first kappa shape index (κ1) is 12.3. The van der Waals surface area contributed by atoms with Gasteiger partial charge in [0, 0.05) is 31.0 Å². The zero-order valence-corrected chi connectivity index (χ0v) is 10.6. The van der Waals surface area contributed by atoms with E-state index in [0.29, 0.717) is 6.54 Å². The van der Waals surface area contributed by atoms with Crippen LogP contribution in [-0.4, -0.2) is 46.0 Å². The third-order valence-electron chi connectivity index (χ3n) is 3.78. The summed E-state index contributed by atoms with van der Waals surface area (Å²) in [7, 11) is 0. The van der Waals surface area contributed by atoms with E-state index in [1.54, 1.807) is 6.33 Å². The van der Waals surface area contributed by atoms with E-state index in [4.69, 9.17) is 0 Å². The lowest BCUT2D eigenvalue weighted by Crippen LogP contribution is -2.45. The molecular weight excluding hydrogens is 242 g/mol. The molecule has 0 aliphatic carbocycles. The van der Waals surface area contributed by atoms with Crippen LogP contribution in [0.15, 0.2) is 30.6 Å². The highest BCUT2D eigenvalue weighted by molar-refractivity contribution is 5.89. The van der Waals surface area contributed by atoms with Gasteiger partial charge < -0.3 is 15.1 Å². The Morgan fingerprint density at radius 2 is 2.11 bits per heavy atom. The van der Waals surface area contributed by atoms with Crippen LogP contribution in [0.1, 0.15) is 6.42 Å². The maximum absolute atomic E-state index is 10.0.